The average Bonchev–Trinajstić information content (AvgIpc) is 2.48. The van der Waals surface area contributed by atoms with Crippen molar-refractivity contribution in [3.05, 3.63) is 53.2 Å². The molecule has 1 aromatic heterocycles. The number of aryl methyl sites for hydroxylation is 1. The Morgan fingerprint density at radius 3 is 2.95 bits per heavy atom. The Hall–Kier alpha value is -2.50. The van der Waals surface area contributed by atoms with Crippen molar-refractivity contribution in [1.29, 1.82) is 0 Å². The van der Waals surface area contributed by atoms with E-state index in [4.69, 9.17) is 0 Å². The number of halogens is 2. The zero-order valence-electron chi connectivity index (χ0n) is 11.4. The van der Waals surface area contributed by atoms with Crippen molar-refractivity contribution in [1.82, 2.24) is 4.98 Å². The molecule has 6 heteroatoms. The molecule has 0 spiro atoms. The highest BCUT2D eigenvalue weighted by Crippen LogP contribution is 2.29. The normalized spacial score (nSPS) is 13.6. The molecule has 21 heavy (non-hydrogen) atoms. The topological polar surface area (TPSA) is 45.2 Å². The number of aromatic nitrogens is 1. The molecule has 2 aromatic rings. The van der Waals surface area contributed by atoms with Crippen LogP contribution < -0.4 is 10.2 Å². The van der Waals surface area contributed by atoms with Crippen LogP contribution in [0.1, 0.15) is 15.9 Å². The molecule has 1 amide bonds. The van der Waals surface area contributed by atoms with Gasteiger partial charge in [-0.05, 0) is 36.8 Å². The van der Waals surface area contributed by atoms with Gasteiger partial charge in [-0.25, -0.2) is 13.8 Å². The lowest BCUT2D eigenvalue weighted by Crippen LogP contribution is -2.39. The SMILES string of the molecule is Cc1cnc2c(c1)N(C(=O)c1cc(F)ccc1F)CCN2. The van der Waals surface area contributed by atoms with Crippen molar-refractivity contribution in [2.24, 2.45) is 0 Å². The number of nitrogens with one attached hydrogen (secondary N) is 1. The predicted molar refractivity (Wildman–Crippen MR) is 75.5 cm³/mol. The van der Waals surface area contributed by atoms with E-state index in [9.17, 15) is 13.6 Å². The highest BCUT2D eigenvalue weighted by molar-refractivity contribution is 6.08. The van der Waals surface area contributed by atoms with Crippen molar-refractivity contribution in [3.63, 3.8) is 0 Å². The van der Waals surface area contributed by atoms with Crippen molar-refractivity contribution in [3.8, 4) is 0 Å². The molecule has 3 rings (SSSR count). The smallest absolute Gasteiger partial charge is 0.261 e. The second kappa shape index (κ2) is 5.12. The molecule has 108 valence electrons. The Morgan fingerprint density at radius 2 is 2.14 bits per heavy atom. The number of carbonyl (C=O) groups is 1. The minimum atomic E-state index is -0.734. The van der Waals surface area contributed by atoms with Crippen LogP contribution in [-0.4, -0.2) is 24.0 Å². The van der Waals surface area contributed by atoms with Crippen molar-refractivity contribution >= 4 is 17.4 Å². The standard InChI is InChI=1S/C15H13F2N3O/c1-9-6-13-14(19-8-9)18-4-5-20(13)15(21)11-7-10(16)2-3-12(11)17/h2-3,6-8H,4-5H2,1H3,(H,18,19). The number of amides is 1. The zero-order chi connectivity index (χ0) is 15.0. The molecule has 1 aliphatic heterocycles. The van der Waals surface area contributed by atoms with Crippen LogP contribution in [0, 0.1) is 18.6 Å². The van der Waals surface area contributed by atoms with Crippen molar-refractivity contribution in [2.45, 2.75) is 6.92 Å². The summed E-state index contributed by atoms with van der Waals surface area (Å²) in [6.45, 7) is 2.73. The van der Waals surface area contributed by atoms with Crippen LogP contribution in [0.5, 0.6) is 0 Å². The molecule has 2 heterocycles. The van der Waals surface area contributed by atoms with E-state index in [0.29, 0.717) is 24.6 Å². The van der Waals surface area contributed by atoms with Gasteiger partial charge in [0.25, 0.3) is 5.91 Å². The monoisotopic (exact) mass is 289 g/mol. The van der Waals surface area contributed by atoms with Crippen molar-refractivity contribution < 1.29 is 13.6 Å². The fraction of sp³-hybridized carbons (Fsp3) is 0.200. The molecule has 0 bridgehead atoms. The van der Waals surface area contributed by atoms with Crippen molar-refractivity contribution in [2.75, 3.05) is 23.3 Å². The van der Waals surface area contributed by atoms with Gasteiger partial charge in [0.2, 0.25) is 0 Å². The first kappa shape index (κ1) is 13.5. The predicted octanol–water partition coefficient (Wildman–Crippen LogP) is 2.74. The number of pyridine rings is 1. The molecule has 1 aliphatic rings. The molecular weight excluding hydrogens is 276 g/mol. The summed E-state index contributed by atoms with van der Waals surface area (Å²) in [5, 5.41) is 3.08. The van der Waals surface area contributed by atoms with E-state index in [2.05, 4.69) is 10.3 Å². The maximum Gasteiger partial charge on any atom is 0.261 e. The summed E-state index contributed by atoms with van der Waals surface area (Å²) in [6, 6.07) is 4.66. The van der Waals surface area contributed by atoms with Gasteiger partial charge in [-0.15, -0.1) is 0 Å². The fourth-order valence-electron chi connectivity index (χ4n) is 2.32. The summed E-state index contributed by atoms with van der Waals surface area (Å²) in [6.07, 6.45) is 1.68. The number of carbonyl (C=O) groups excluding carboxylic acids is 1. The molecule has 0 saturated heterocycles. The van der Waals surface area contributed by atoms with E-state index in [1.807, 2.05) is 6.92 Å². The van der Waals surface area contributed by atoms with Gasteiger partial charge < -0.3 is 10.2 Å². The summed E-state index contributed by atoms with van der Waals surface area (Å²) in [5.41, 5.74) is 1.19. The molecule has 1 N–H and O–H groups in total. The molecule has 0 saturated carbocycles. The summed E-state index contributed by atoms with van der Waals surface area (Å²) >= 11 is 0. The first-order valence-electron chi connectivity index (χ1n) is 6.53. The molecule has 0 radical (unpaired) electrons. The Kier molecular flexibility index (Phi) is 3.29. The Morgan fingerprint density at radius 1 is 1.33 bits per heavy atom. The Balaban J connectivity index is 2.04. The second-order valence-electron chi connectivity index (χ2n) is 4.89. The maximum atomic E-state index is 13.8. The molecule has 0 fully saturated rings. The summed E-state index contributed by atoms with van der Waals surface area (Å²) < 4.78 is 27.1. The number of hydrogen-bond donors (Lipinski definition) is 1. The van der Waals surface area contributed by atoms with Crippen LogP contribution in [0.15, 0.2) is 30.5 Å². The van der Waals surface area contributed by atoms with Crippen LogP contribution in [-0.2, 0) is 0 Å². The lowest BCUT2D eigenvalue weighted by Gasteiger charge is -2.30. The highest BCUT2D eigenvalue weighted by Gasteiger charge is 2.26. The van der Waals surface area contributed by atoms with E-state index in [-0.39, 0.29) is 5.56 Å². The van der Waals surface area contributed by atoms with Gasteiger partial charge >= 0.3 is 0 Å². The Bertz CT molecular complexity index is 718. The zero-order valence-corrected chi connectivity index (χ0v) is 11.4. The number of nitrogens with zero attached hydrogens (tertiary/aromatic N) is 2. The third kappa shape index (κ3) is 2.44. The van der Waals surface area contributed by atoms with Crippen LogP contribution >= 0.6 is 0 Å². The minimum absolute atomic E-state index is 0.274. The van der Waals surface area contributed by atoms with E-state index < -0.39 is 17.5 Å². The lowest BCUT2D eigenvalue weighted by atomic mass is 10.1. The first-order valence-corrected chi connectivity index (χ1v) is 6.53. The van der Waals surface area contributed by atoms with E-state index in [1.54, 1.807) is 12.3 Å². The number of hydrogen-bond acceptors (Lipinski definition) is 3. The first-order chi connectivity index (χ1) is 10.1. The number of benzene rings is 1. The lowest BCUT2D eigenvalue weighted by molar-refractivity contribution is 0.0983. The molecule has 1 aromatic carbocycles. The number of fused-ring (bicyclic) bond motifs is 1. The summed E-state index contributed by atoms with van der Waals surface area (Å²) in [5.74, 6) is -1.38. The van der Waals surface area contributed by atoms with Crippen LogP contribution in [0.2, 0.25) is 0 Å². The van der Waals surface area contributed by atoms with Gasteiger partial charge in [0.05, 0.1) is 11.3 Å². The molecule has 0 unspecified atom stereocenters. The van der Waals surface area contributed by atoms with Crippen LogP contribution in [0.4, 0.5) is 20.3 Å². The third-order valence-electron chi connectivity index (χ3n) is 3.33. The maximum absolute atomic E-state index is 13.8. The van der Waals surface area contributed by atoms with Gasteiger partial charge in [-0.3, -0.25) is 4.79 Å². The molecule has 0 atom stereocenters. The number of rotatable bonds is 1. The van der Waals surface area contributed by atoms with Gasteiger partial charge in [0.1, 0.15) is 17.5 Å². The van der Waals surface area contributed by atoms with Gasteiger partial charge in [0, 0.05) is 19.3 Å². The van der Waals surface area contributed by atoms with E-state index in [1.165, 1.54) is 4.90 Å². The Labute approximate surface area is 120 Å². The number of anilines is 2. The third-order valence-corrected chi connectivity index (χ3v) is 3.33. The molecule has 0 aliphatic carbocycles. The second-order valence-corrected chi connectivity index (χ2v) is 4.89. The van der Waals surface area contributed by atoms with Crippen LogP contribution in [0.25, 0.3) is 0 Å². The summed E-state index contributed by atoms with van der Waals surface area (Å²) in [4.78, 5) is 18.1. The van der Waals surface area contributed by atoms with Gasteiger partial charge in [0.15, 0.2) is 0 Å². The fourth-order valence-corrected chi connectivity index (χ4v) is 2.32. The van der Waals surface area contributed by atoms with E-state index >= 15 is 0 Å². The summed E-state index contributed by atoms with van der Waals surface area (Å²) in [7, 11) is 0. The minimum Gasteiger partial charge on any atom is -0.367 e. The highest BCUT2D eigenvalue weighted by atomic mass is 19.1. The largest absolute Gasteiger partial charge is 0.367 e. The quantitative estimate of drug-likeness (QED) is 0.878. The van der Waals surface area contributed by atoms with E-state index in [0.717, 1.165) is 23.8 Å². The average molecular weight is 289 g/mol. The molecule has 4 nitrogen and oxygen atoms in total. The van der Waals surface area contributed by atoms with Crippen LogP contribution in [0.3, 0.4) is 0 Å². The van der Waals surface area contributed by atoms with Gasteiger partial charge in [-0.1, -0.05) is 0 Å². The van der Waals surface area contributed by atoms with Gasteiger partial charge in [-0.2, -0.15) is 0 Å². The molecular formula is C15H13F2N3O.